The largest absolute Gasteiger partial charge is 0.545 e. The van der Waals surface area contributed by atoms with Crippen LogP contribution in [0.15, 0.2) is 134 Å². The molecule has 0 heterocycles. The second kappa shape index (κ2) is 77.2. The fraction of sp³-hybridized carbons (Fsp3) is 0.716. The van der Waals surface area contributed by atoms with Gasteiger partial charge in [-0.05, 0) is 116 Å². The summed E-state index contributed by atoms with van der Waals surface area (Å²) in [7, 11) is 5.93. The summed E-state index contributed by atoms with van der Waals surface area (Å²) in [6.45, 7) is 4.62. The first kappa shape index (κ1) is 92.4. The minimum absolute atomic E-state index is 0.138. The highest BCUT2D eigenvalue weighted by atomic mass is 16.7. The zero-order valence-electron chi connectivity index (χ0n) is 63.7. The smallest absolute Gasteiger partial charge is 0.306 e. The van der Waals surface area contributed by atoms with Gasteiger partial charge in [-0.1, -0.05) is 353 Å². The van der Waals surface area contributed by atoms with Crippen LogP contribution in [0.3, 0.4) is 0 Å². The number of ether oxygens (including phenoxy) is 4. The first-order valence-corrected chi connectivity index (χ1v) is 40.3. The summed E-state index contributed by atoms with van der Waals surface area (Å²) >= 11 is 0. The Morgan fingerprint density at radius 3 is 0.876 bits per heavy atom. The molecule has 9 heteroatoms. The first-order valence-electron chi connectivity index (χ1n) is 40.3. The van der Waals surface area contributed by atoms with Crippen LogP contribution in [-0.4, -0.2) is 82.3 Å². The maximum atomic E-state index is 13.0. The molecule has 0 aliphatic carbocycles. The minimum atomic E-state index is -1.64. The lowest BCUT2D eigenvalue weighted by molar-refractivity contribution is -0.870. The molecule has 0 aromatic rings. The van der Waals surface area contributed by atoms with Gasteiger partial charge in [-0.15, -0.1) is 0 Å². The van der Waals surface area contributed by atoms with Crippen molar-refractivity contribution in [3.63, 3.8) is 0 Å². The fourth-order valence-electron chi connectivity index (χ4n) is 11.3. The number of allylic oxidation sites excluding steroid dienone is 22. The monoisotopic (exact) mass is 1350 g/mol. The molecule has 0 N–H and O–H groups in total. The number of esters is 2. The van der Waals surface area contributed by atoms with E-state index in [9.17, 15) is 19.5 Å². The molecule has 0 spiro atoms. The Morgan fingerprint density at radius 2 is 0.588 bits per heavy atom. The summed E-state index contributed by atoms with van der Waals surface area (Å²) in [5.74, 6) is -2.31. The number of rotatable bonds is 74. The molecule has 97 heavy (non-hydrogen) atoms. The van der Waals surface area contributed by atoms with Crippen molar-refractivity contribution in [3.8, 4) is 0 Å². The van der Waals surface area contributed by atoms with Gasteiger partial charge in [-0.2, -0.15) is 0 Å². The first-order chi connectivity index (χ1) is 47.6. The number of unbranched alkanes of at least 4 members (excludes halogenated alkanes) is 37. The number of quaternary nitrogens is 1. The summed E-state index contributed by atoms with van der Waals surface area (Å²) in [6, 6.07) is 0. The van der Waals surface area contributed by atoms with E-state index < -0.39 is 24.3 Å². The number of carboxylic acids is 1. The summed E-state index contributed by atoms with van der Waals surface area (Å²) < 4.78 is 22.8. The number of likely N-dealkylation sites (N-methyl/N-ethyl adjacent to an activating group) is 1. The molecule has 9 nitrogen and oxygen atoms in total. The molecule has 0 amide bonds. The third kappa shape index (κ3) is 78.6. The predicted octanol–water partition coefficient (Wildman–Crippen LogP) is 24.7. The van der Waals surface area contributed by atoms with Crippen LogP contribution in [0.4, 0.5) is 0 Å². The third-order valence-corrected chi connectivity index (χ3v) is 17.4. The molecule has 2 atom stereocenters. The van der Waals surface area contributed by atoms with Crippen LogP contribution in [0.2, 0.25) is 0 Å². The van der Waals surface area contributed by atoms with E-state index in [0.717, 1.165) is 116 Å². The van der Waals surface area contributed by atoms with Crippen molar-refractivity contribution in [2.75, 3.05) is 47.5 Å². The number of hydrogen-bond acceptors (Lipinski definition) is 8. The van der Waals surface area contributed by atoms with Gasteiger partial charge in [0.2, 0.25) is 0 Å². The summed E-state index contributed by atoms with van der Waals surface area (Å²) in [6.07, 6.45) is 109. The highest BCUT2D eigenvalue weighted by Crippen LogP contribution is 2.18. The molecule has 0 aliphatic rings. The maximum Gasteiger partial charge on any atom is 0.306 e. The second-order valence-corrected chi connectivity index (χ2v) is 28.0. The molecule has 0 aromatic carbocycles. The number of hydrogen-bond donors (Lipinski definition) is 0. The molecule has 0 radical (unpaired) electrons. The van der Waals surface area contributed by atoms with Crippen LogP contribution in [0, 0.1) is 0 Å². The summed E-state index contributed by atoms with van der Waals surface area (Å²) in [4.78, 5) is 37.6. The molecular weight excluding hydrogens is 1200 g/mol. The van der Waals surface area contributed by atoms with Gasteiger partial charge in [0.05, 0.1) is 40.3 Å². The van der Waals surface area contributed by atoms with Crippen LogP contribution in [0.25, 0.3) is 0 Å². The van der Waals surface area contributed by atoms with Gasteiger partial charge in [0.15, 0.2) is 12.4 Å². The van der Waals surface area contributed by atoms with E-state index in [1.807, 2.05) is 21.1 Å². The fourth-order valence-corrected chi connectivity index (χ4v) is 11.3. The Hall–Kier alpha value is -4.57. The van der Waals surface area contributed by atoms with Gasteiger partial charge in [0.25, 0.3) is 0 Å². The quantitative estimate of drug-likeness (QED) is 0.0195. The zero-order chi connectivity index (χ0) is 70.4. The molecule has 556 valence electrons. The Kier molecular flexibility index (Phi) is 73.5. The maximum absolute atomic E-state index is 13.0. The van der Waals surface area contributed by atoms with Gasteiger partial charge in [-0.3, -0.25) is 9.59 Å². The number of carbonyl (C=O) groups excluding carboxylic acids is 3. The highest BCUT2D eigenvalue weighted by molar-refractivity contribution is 5.70. The second-order valence-electron chi connectivity index (χ2n) is 28.0. The Bertz CT molecular complexity index is 2060. The van der Waals surface area contributed by atoms with E-state index in [4.69, 9.17) is 18.9 Å². The van der Waals surface area contributed by atoms with Gasteiger partial charge in [0, 0.05) is 12.8 Å². The van der Waals surface area contributed by atoms with E-state index in [0.29, 0.717) is 17.4 Å². The average molecular weight is 1350 g/mol. The van der Waals surface area contributed by atoms with Crippen molar-refractivity contribution >= 4 is 17.9 Å². The molecular formula is C88H151NO8. The van der Waals surface area contributed by atoms with Crippen LogP contribution in [0.1, 0.15) is 348 Å². The third-order valence-electron chi connectivity index (χ3n) is 17.4. The lowest BCUT2D eigenvalue weighted by Gasteiger charge is -2.26. The number of carboxylic acid groups (broad SMARTS) is 1. The SMILES string of the molecule is CC/C=C\C/C=C\C/C=C\C/C=C\C/C=C\C/C=C\C/C=C\C/C=C\C/C=C\CCCCCCCC(=O)OC(COC(=O)CCCCCCCCCCCCCCCCCCCCCCCCCCCCC/C=C\C/C=C\CCCCCCC)COC(OCC[N+](C)(C)C)C(=O)[O-]. The standard InChI is InChI=1S/C88H151NO8/c1-6-8-10-12-14-16-18-20-22-24-26-28-30-32-34-36-38-40-41-42-43-44-45-47-48-50-52-54-56-58-60-62-64-66-68-70-72-74-76-78-85(90)95-82-84(83-96-88(87(92)93)94-81-80-89(3,4)5)97-86(91)79-77-75-73-71-69-67-65-63-61-59-57-55-53-51-49-46-39-37-35-33-31-29-27-25-23-21-19-17-15-13-11-9-7-2/h9,11,15,17-18,20-21,23-24,26-27,29,33,35,39,46,51,53,57,59,63,65,84,88H,6-8,10,12-14,16,19,22,25,28,30-32,34,36-38,40-45,47-50,52,54-56,58,60-62,64,66-83H2,1-5H3/b11-9-,17-15-,20-18-,23-21-,26-24-,29-27-,35-33-,46-39-,53-51-,59-57-,65-63-. The van der Waals surface area contributed by atoms with Gasteiger partial charge < -0.3 is 33.3 Å². The van der Waals surface area contributed by atoms with Gasteiger partial charge >= 0.3 is 11.9 Å². The lowest BCUT2D eigenvalue weighted by Crippen LogP contribution is -2.44. The highest BCUT2D eigenvalue weighted by Gasteiger charge is 2.22. The minimum Gasteiger partial charge on any atom is -0.545 e. The Morgan fingerprint density at radius 1 is 0.320 bits per heavy atom. The van der Waals surface area contributed by atoms with E-state index in [1.54, 1.807) is 0 Å². The van der Waals surface area contributed by atoms with E-state index in [1.165, 1.54) is 199 Å². The molecule has 0 saturated carbocycles. The van der Waals surface area contributed by atoms with Crippen LogP contribution in [-0.2, 0) is 33.3 Å². The molecule has 0 rings (SSSR count). The molecule has 0 aromatic heterocycles. The normalized spacial score (nSPS) is 13.4. The summed E-state index contributed by atoms with van der Waals surface area (Å²) in [5.41, 5.74) is 0. The van der Waals surface area contributed by atoms with Crippen LogP contribution >= 0.6 is 0 Å². The van der Waals surface area contributed by atoms with Crippen LogP contribution < -0.4 is 5.11 Å². The van der Waals surface area contributed by atoms with Crippen molar-refractivity contribution in [2.45, 2.75) is 360 Å². The average Bonchev–Trinajstić information content (AvgIpc) is 2.59. The topological polar surface area (TPSA) is 111 Å². The Labute approximate surface area is 599 Å². The van der Waals surface area contributed by atoms with Crippen LogP contribution in [0.5, 0.6) is 0 Å². The zero-order valence-corrected chi connectivity index (χ0v) is 63.7. The number of carbonyl (C=O) groups is 3. The van der Waals surface area contributed by atoms with Crippen molar-refractivity contribution in [2.24, 2.45) is 0 Å². The molecule has 0 aliphatic heterocycles. The van der Waals surface area contributed by atoms with Crippen molar-refractivity contribution in [1.29, 1.82) is 0 Å². The van der Waals surface area contributed by atoms with Crippen molar-refractivity contribution in [1.82, 2.24) is 0 Å². The lowest BCUT2D eigenvalue weighted by atomic mass is 10.0. The van der Waals surface area contributed by atoms with Gasteiger partial charge in [-0.25, -0.2) is 0 Å². The van der Waals surface area contributed by atoms with E-state index in [2.05, 4.69) is 148 Å². The Balaban J connectivity index is 4.06. The number of nitrogens with zero attached hydrogens (tertiary/aromatic N) is 1. The van der Waals surface area contributed by atoms with Crippen molar-refractivity contribution < 1.29 is 42.9 Å². The van der Waals surface area contributed by atoms with Gasteiger partial charge in [0.1, 0.15) is 13.2 Å². The van der Waals surface area contributed by atoms with Crippen molar-refractivity contribution in [3.05, 3.63) is 134 Å². The molecule has 2 unspecified atom stereocenters. The molecule has 0 saturated heterocycles. The summed E-state index contributed by atoms with van der Waals surface area (Å²) in [5, 5.41) is 11.9. The number of aliphatic carboxylic acids is 1. The molecule has 0 fully saturated rings. The molecule has 0 bridgehead atoms. The van der Waals surface area contributed by atoms with E-state index >= 15 is 0 Å². The predicted molar refractivity (Wildman–Crippen MR) is 416 cm³/mol. The van der Waals surface area contributed by atoms with E-state index in [-0.39, 0.29) is 38.6 Å².